The monoisotopic (exact) mass is 380 g/mol. The molecule has 0 amide bonds. The summed E-state index contributed by atoms with van der Waals surface area (Å²) < 4.78 is 6.28. The zero-order chi connectivity index (χ0) is 15.5. The molecular weight excluding hydrogens is 364 g/mol. The second kappa shape index (κ2) is 6.73. The third-order valence-corrected chi connectivity index (χ3v) is 5.21. The Morgan fingerprint density at radius 2 is 2.05 bits per heavy atom. The van der Waals surface area contributed by atoms with Crippen LogP contribution in [0.15, 0.2) is 52.1 Å². The van der Waals surface area contributed by atoms with E-state index in [1.54, 1.807) is 18.4 Å². The Labute approximate surface area is 142 Å². The molecule has 0 radical (unpaired) electrons. The van der Waals surface area contributed by atoms with Crippen LogP contribution in [0, 0.1) is 0 Å². The molecule has 1 aromatic heterocycles. The maximum atomic E-state index is 5.84. The van der Waals surface area contributed by atoms with Crippen LogP contribution >= 0.6 is 27.3 Å². The SMILES string of the molecule is COc1ccc(CCN2OC(N)=CC2c2ccc(Br)s2)cc1. The first kappa shape index (κ1) is 15.4. The van der Waals surface area contributed by atoms with Gasteiger partial charge in [-0.1, -0.05) is 12.1 Å². The molecule has 116 valence electrons. The minimum atomic E-state index is 0.0783. The van der Waals surface area contributed by atoms with E-state index in [0.29, 0.717) is 5.88 Å². The van der Waals surface area contributed by atoms with Crippen molar-refractivity contribution in [3.8, 4) is 5.75 Å². The van der Waals surface area contributed by atoms with Crippen LogP contribution in [0.3, 0.4) is 0 Å². The summed E-state index contributed by atoms with van der Waals surface area (Å²) in [5.74, 6) is 1.33. The van der Waals surface area contributed by atoms with E-state index in [1.807, 2.05) is 29.3 Å². The first-order valence-electron chi connectivity index (χ1n) is 6.96. The van der Waals surface area contributed by atoms with Crippen LogP contribution in [0.25, 0.3) is 0 Å². The minimum Gasteiger partial charge on any atom is -0.497 e. The lowest BCUT2D eigenvalue weighted by molar-refractivity contribution is -0.118. The van der Waals surface area contributed by atoms with Crippen molar-refractivity contribution in [1.29, 1.82) is 0 Å². The molecule has 3 rings (SSSR count). The van der Waals surface area contributed by atoms with Crippen LogP contribution in [0.5, 0.6) is 5.75 Å². The van der Waals surface area contributed by atoms with Gasteiger partial charge in [0.05, 0.1) is 10.9 Å². The van der Waals surface area contributed by atoms with Crippen molar-refractivity contribution in [3.63, 3.8) is 0 Å². The molecule has 2 heterocycles. The van der Waals surface area contributed by atoms with Gasteiger partial charge < -0.3 is 15.3 Å². The molecule has 6 heteroatoms. The smallest absolute Gasteiger partial charge is 0.207 e. The molecule has 2 aromatic rings. The fourth-order valence-corrected chi connectivity index (χ4v) is 3.89. The maximum Gasteiger partial charge on any atom is 0.207 e. The molecule has 1 atom stereocenters. The summed E-state index contributed by atoms with van der Waals surface area (Å²) >= 11 is 5.19. The molecule has 2 N–H and O–H groups in total. The molecule has 0 fully saturated rings. The first-order valence-corrected chi connectivity index (χ1v) is 8.57. The number of nitrogens with zero attached hydrogens (tertiary/aromatic N) is 1. The molecule has 0 saturated heterocycles. The van der Waals surface area contributed by atoms with Gasteiger partial charge in [0.25, 0.3) is 0 Å². The lowest BCUT2D eigenvalue weighted by atomic mass is 10.1. The number of hydrogen-bond acceptors (Lipinski definition) is 5. The van der Waals surface area contributed by atoms with Crippen LogP contribution in [-0.4, -0.2) is 18.7 Å². The van der Waals surface area contributed by atoms with E-state index in [-0.39, 0.29) is 6.04 Å². The van der Waals surface area contributed by atoms with E-state index in [4.69, 9.17) is 15.3 Å². The molecule has 0 saturated carbocycles. The highest BCUT2D eigenvalue weighted by molar-refractivity contribution is 9.11. The molecule has 4 nitrogen and oxygen atoms in total. The molecular formula is C16H17BrN2O2S. The zero-order valence-electron chi connectivity index (χ0n) is 12.2. The number of nitrogens with two attached hydrogens (primary N) is 1. The summed E-state index contributed by atoms with van der Waals surface area (Å²) in [6.07, 6.45) is 2.83. The highest BCUT2D eigenvalue weighted by Crippen LogP contribution is 2.35. The molecule has 1 aliphatic rings. The van der Waals surface area contributed by atoms with Crippen molar-refractivity contribution in [2.45, 2.75) is 12.5 Å². The van der Waals surface area contributed by atoms with E-state index in [2.05, 4.69) is 34.1 Å². The number of benzene rings is 1. The summed E-state index contributed by atoms with van der Waals surface area (Å²) in [6, 6.07) is 12.3. The fraction of sp³-hybridized carbons (Fsp3) is 0.250. The Bertz CT molecular complexity index is 669. The third kappa shape index (κ3) is 3.45. The van der Waals surface area contributed by atoms with Gasteiger partial charge in [-0.05, 0) is 52.2 Å². The van der Waals surface area contributed by atoms with E-state index >= 15 is 0 Å². The Morgan fingerprint density at radius 3 is 2.68 bits per heavy atom. The Morgan fingerprint density at radius 1 is 1.27 bits per heavy atom. The van der Waals surface area contributed by atoms with Gasteiger partial charge in [0.15, 0.2) is 0 Å². The normalized spacial score (nSPS) is 18.1. The van der Waals surface area contributed by atoms with Crippen LogP contribution in [0.1, 0.15) is 16.5 Å². The molecule has 0 bridgehead atoms. The summed E-state index contributed by atoms with van der Waals surface area (Å²) in [6.45, 7) is 0.768. The van der Waals surface area contributed by atoms with Crippen LogP contribution in [-0.2, 0) is 11.3 Å². The van der Waals surface area contributed by atoms with Crippen molar-refractivity contribution >= 4 is 27.3 Å². The Hall–Kier alpha value is -1.50. The number of hydrogen-bond donors (Lipinski definition) is 1. The highest BCUT2D eigenvalue weighted by Gasteiger charge is 2.28. The average molecular weight is 381 g/mol. The van der Waals surface area contributed by atoms with Crippen LogP contribution < -0.4 is 10.5 Å². The summed E-state index contributed by atoms with van der Waals surface area (Å²) in [5, 5.41) is 1.93. The quantitative estimate of drug-likeness (QED) is 0.855. The number of thiophene rings is 1. The number of methoxy groups -OCH3 is 1. The predicted octanol–water partition coefficient (Wildman–Crippen LogP) is 3.85. The Balaban J connectivity index is 1.66. The van der Waals surface area contributed by atoms with Crippen LogP contribution in [0.4, 0.5) is 0 Å². The van der Waals surface area contributed by atoms with E-state index in [9.17, 15) is 0 Å². The van der Waals surface area contributed by atoms with Gasteiger partial charge in [-0.3, -0.25) is 0 Å². The van der Waals surface area contributed by atoms with Gasteiger partial charge in [-0.15, -0.1) is 16.4 Å². The molecule has 22 heavy (non-hydrogen) atoms. The molecule has 1 aliphatic heterocycles. The lowest BCUT2D eigenvalue weighted by Gasteiger charge is -2.21. The minimum absolute atomic E-state index is 0.0783. The molecule has 0 aliphatic carbocycles. The maximum absolute atomic E-state index is 5.84. The van der Waals surface area contributed by atoms with Crippen molar-refractivity contribution < 1.29 is 9.57 Å². The van der Waals surface area contributed by atoms with Gasteiger partial charge in [0, 0.05) is 17.5 Å². The van der Waals surface area contributed by atoms with Gasteiger partial charge in [-0.25, -0.2) is 0 Å². The lowest BCUT2D eigenvalue weighted by Crippen LogP contribution is -2.25. The summed E-state index contributed by atoms with van der Waals surface area (Å²) in [5.41, 5.74) is 7.08. The molecule has 1 unspecified atom stereocenters. The number of rotatable bonds is 5. The van der Waals surface area contributed by atoms with Gasteiger partial charge in [0.1, 0.15) is 11.8 Å². The van der Waals surface area contributed by atoms with Gasteiger partial charge in [0.2, 0.25) is 5.88 Å². The molecule has 0 spiro atoms. The summed E-state index contributed by atoms with van der Waals surface area (Å²) in [7, 11) is 1.67. The van der Waals surface area contributed by atoms with Crippen molar-refractivity contribution in [1.82, 2.24) is 5.06 Å². The number of ether oxygens (including phenoxy) is 1. The fourth-order valence-electron chi connectivity index (χ4n) is 2.39. The molecule has 1 aromatic carbocycles. The zero-order valence-corrected chi connectivity index (χ0v) is 14.6. The largest absolute Gasteiger partial charge is 0.497 e. The number of halogens is 1. The second-order valence-corrected chi connectivity index (χ2v) is 7.48. The predicted molar refractivity (Wildman–Crippen MR) is 91.5 cm³/mol. The number of hydroxylamine groups is 2. The standard InChI is InChI=1S/C16H17BrN2O2S/c1-20-12-4-2-11(3-5-12)8-9-19-13(10-16(18)21-19)14-6-7-15(17)22-14/h2-7,10,13H,8-9,18H2,1H3. The van der Waals surface area contributed by atoms with Gasteiger partial charge >= 0.3 is 0 Å². The first-order chi connectivity index (χ1) is 10.7. The van der Waals surface area contributed by atoms with Crippen LogP contribution in [0.2, 0.25) is 0 Å². The van der Waals surface area contributed by atoms with E-state index in [0.717, 1.165) is 22.5 Å². The average Bonchev–Trinajstić information content (AvgIpc) is 3.11. The second-order valence-electron chi connectivity index (χ2n) is 4.99. The third-order valence-electron chi connectivity index (χ3n) is 3.52. The van der Waals surface area contributed by atoms with E-state index < -0.39 is 0 Å². The van der Waals surface area contributed by atoms with Crippen molar-refractivity contribution in [3.05, 3.63) is 62.6 Å². The van der Waals surface area contributed by atoms with Crippen molar-refractivity contribution in [2.75, 3.05) is 13.7 Å². The van der Waals surface area contributed by atoms with Crippen molar-refractivity contribution in [2.24, 2.45) is 5.73 Å². The summed E-state index contributed by atoms with van der Waals surface area (Å²) in [4.78, 5) is 6.85. The topological polar surface area (TPSA) is 47.7 Å². The Kier molecular flexibility index (Phi) is 4.71. The van der Waals surface area contributed by atoms with Gasteiger partial charge in [-0.2, -0.15) is 0 Å². The van der Waals surface area contributed by atoms with E-state index in [1.165, 1.54) is 10.4 Å². The highest BCUT2D eigenvalue weighted by atomic mass is 79.9.